The number of carboxylic acids is 1. The molecule has 0 saturated heterocycles. The number of aromatic carboxylic acids is 1. The zero-order valence-corrected chi connectivity index (χ0v) is 15.8. The summed E-state index contributed by atoms with van der Waals surface area (Å²) >= 11 is 5.82. The first kappa shape index (κ1) is 20.5. The minimum absolute atomic E-state index is 0.115. The lowest BCUT2D eigenvalue weighted by molar-refractivity contribution is -0.124. The molecule has 27 heavy (non-hydrogen) atoms. The summed E-state index contributed by atoms with van der Waals surface area (Å²) in [6.45, 7) is 3.92. The highest BCUT2D eigenvalue weighted by Gasteiger charge is 2.24. The molecule has 2 amide bonds. The van der Waals surface area contributed by atoms with Crippen LogP contribution in [0.1, 0.15) is 40.1 Å². The van der Waals surface area contributed by atoms with Crippen LogP contribution in [0.15, 0.2) is 48.5 Å². The molecule has 0 aliphatic carbocycles. The van der Waals surface area contributed by atoms with E-state index in [9.17, 15) is 14.4 Å². The van der Waals surface area contributed by atoms with Gasteiger partial charge >= 0.3 is 5.97 Å². The van der Waals surface area contributed by atoms with Crippen LogP contribution in [0.4, 0.5) is 0 Å². The van der Waals surface area contributed by atoms with Crippen molar-refractivity contribution in [3.8, 4) is 0 Å². The van der Waals surface area contributed by atoms with Crippen LogP contribution >= 0.6 is 11.6 Å². The lowest BCUT2D eigenvalue weighted by Crippen LogP contribution is -2.49. The Morgan fingerprint density at radius 3 is 2.04 bits per heavy atom. The highest BCUT2D eigenvalue weighted by Crippen LogP contribution is 2.11. The Labute approximate surface area is 162 Å². The first-order valence-electron chi connectivity index (χ1n) is 8.44. The van der Waals surface area contributed by atoms with E-state index in [0.29, 0.717) is 10.6 Å². The highest BCUT2D eigenvalue weighted by molar-refractivity contribution is 6.30. The molecule has 7 heteroatoms. The lowest BCUT2D eigenvalue weighted by atomic mass is 10.0. The molecule has 142 valence electrons. The molecule has 1 atom stereocenters. The summed E-state index contributed by atoms with van der Waals surface area (Å²) < 4.78 is 0. The van der Waals surface area contributed by atoms with Gasteiger partial charge in [-0.25, -0.2) is 4.79 Å². The van der Waals surface area contributed by atoms with E-state index >= 15 is 0 Å². The van der Waals surface area contributed by atoms with Crippen molar-refractivity contribution in [2.75, 3.05) is 0 Å². The first-order chi connectivity index (χ1) is 12.8. The van der Waals surface area contributed by atoms with Crippen LogP contribution in [0.3, 0.4) is 0 Å². The zero-order chi connectivity index (χ0) is 20.0. The number of nitrogens with one attached hydrogen (secondary N) is 2. The third-order valence-electron chi connectivity index (χ3n) is 4.01. The van der Waals surface area contributed by atoms with E-state index in [-0.39, 0.29) is 29.8 Å². The molecule has 0 aliphatic rings. The molecule has 2 rings (SSSR count). The number of halogens is 1. The van der Waals surface area contributed by atoms with Crippen molar-refractivity contribution in [2.45, 2.75) is 26.4 Å². The molecular weight excluding hydrogens is 368 g/mol. The zero-order valence-electron chi connectivity index (χ0n) is 15.0. The predicted octanol–water partition coefficient (Wildman–Crippen LogP) is 3.11. The lowest BCUT2D eigenvalue weighted by Gasteiger charge is -2.22. The van der Waals surface area contributed by atoms with Crippen LogP contribution in [0.2, 0.25) is 5.02 Å². The molecule has 0 fully saturated rings. The summed E-state index contributed by atoms with van der Waals surface area (Å²) in [5.41, 5.74) is 1.36. The molecule has 0 heterocycles. The van der Waals surface area contributed by atoms with E-state index < -0.39 is 12.0 Å². The Morgan fingerprint density at radius 2 is 1.52 bits per heavy atom. The van der Waals surface area contributed by atoms with Gasteiger partial charge in [0.05, 0.1) is 5.56 Å². The van der Waals surface area contributed by atoms with E-state index in [1.54, 1.807) is 36.4 Å². The number of amides is 2. The Kier molecular flexibility index (Phi) is 6.96. The van der Waals surface area contributed by atoms with Gasteiger partial charge in [-0.15, -0.1) is 0 Å². The molecule has 0 bridgehead atoms. The van der Waals surface area contributed by atoms with Crippen LogP contribution < -0.4 is 10.6 Å². The molecule has 0 radical (unpaired) electrons. The maximum atomic E-state index is 12.5. The molecule has 0 spiro atoms. The van der Waals surface area contributed by atoms with Gasteiger partial charge in [0, 0.05) is 17.1 Å². The minimum Gasteiger partial charge on any atom is -0.478 e. The summed E-state index contributed by atoms with van der Waals surface area (Å²) in [5, 5.41) is 14.9. The Morgan fingerprint density at radius 1 is 0.963 bits per heavy atom. The summed E-state index contributed by atoms with van der Waals surface area (Å²) in [4.78, 5) is 35.7. The van der Waals surface area contributed by atoms with Gasteiger partial charge in [-0.2, -0.15) is 0 Å². The molecule has 6 nitrogen and oxygen atoms in total. The number of carbonyl (C=O) groups is 3. The number of rotatable bonds is 7. The molecular formula is C20H21ClN2O4. The Bertz CT molecular complexity index is 817. The smallest absolute Gasteiger partial charge is 0.335 e. The van der Waals surface area contributed by atoms with Crippen molar-refractivity contribution in [3.63, 3.8) is 0 Å². The van der Waals surface area contributed by atoms with Crippen molar-refractivity contribution in [1.29, 1.82) is 0 Å². The fourth-order valence-corrected chi connectivity index (χ4v) is 2.55. The second-order valence-electron chi connectivity index (χ2n) is 6.42. The summed E-state index contributed by atoms with van der Waals surface area (Å²) in [5.74, 6) is -1.79. The second-order valence-corrected chi connectivity index (χ2v) is 6.86. The van der Waals surface area contributed by atoms with Crippen LogP contribution in [-0.4, -0.2) is 28.9 Å². The second kappa shape index (κ2) is 9.19. The molecule has 3 N–H and O–H groups in total. The van der Waals surface area contributed by atoms with E-state index in [1.807, 2.05) is 13.8 Å². The quantitative estimate of drug-likeness (QED) is 0.679. The van der Waals surface area contributed by atoms with E-state index in [1.165, 1.54) is 12.1 Å². The molecule has 0 saturated carbocycles. The van der Waals surface area contributed by atoms with Gasteiger partial charge in [0.1, 0.15) is 6.04 Å². The topological polar surface area (TPSA) is 95.5 Å². The number of benzene rings is 2. The van der Waals surface area contributed by atoms with E-state index in [0.717, 1.165) is 5.56 Å². The van der Waals surface area contributed by atoms with Crippen LogP contribution in [0.25, 0.3) is 0 Å². The number of carbonyl (C=O) groups excluding carboxylic acids is 2. The molecule has 2 aromatic carbocycles. The molecule has 2 aromatic rings. The minimum atomic E-state index is -1.00. The largest absolute Gasteiger partial charge is 0.478 e. The monoisotopic (exact) mass is 388 g/mol. The van der Waals surface area contributed by atoms with Gasteiger partial charge < -0.3 is 15.7 Å². The van der Waals surface area contributed by atoms with E-state index in [4.69, 9.17) is 16.7 Å². The van der Waals surface area contributed by atoms with E-state index in [2.05, 4.69) is 10.6 Å². The summed E-state index contributed by atoms with van der Waals surface area (Å²) in [6, 6.07) is 11.9. The maximum Gasteiger partial charge on any atom is 0.335 e. The van der Waals surface area contributed by atoms with Crippen LogP contribution in [0, 0.1) is 5.92 Å². The Balaban J connectivity index is 1.98. The average molecular weight is 389 g/mol. The van der Waals surface area contributed by atoms with Crippen molar-refractivity contribution >= 4 is 29.4 Å². The van der Waals surface area contributed by atoms with Gasteiger partial charge in [0.2, 0.25) is 5.91 Å². The normalized spacial score (nSPS) is 11.7. The number of carboxylic acid groups (broad SMARTS) is 1. The Hall–Kier alpha value is -2.86. The summed E-state index contributed by atoms with van der Waals surface area (Å²) in [6.07, 6.45) is 0. The maximum absolute atomic E-state index is 12.5. The van der Waals surface area contributed by atoms with Gasteiger partial charge in [0.25, 0.3) is 5.91 Å². The van der Waals surface area contributed by atoms with Crippen molar-refractivity contribution in [2.24, 2.45) is 5.92 Å². The van der Waals surface area contributed by atoms with Gasteiger partial charge in [-0.1, -0.05) is 37.6 Å². The fraction of sp³-hybridized carbons (Fsp3) is 0.250. The summed E-state index contributed by atoms with van der Waals surface area (Å²) in [7, 11) is 0. The van der Waals surface area contributed by atoms with Crippen molar-refractivity contribution in [1.82, 2.24) is 10.6 Å². The SMILES string of the molecule is CC(C)C(NC(=O)c1ccc(Cl)cc1)C(=O)NCc1ccc(C(=O)O)cc1. The third-order valence-corrected chi connectivity index (χ3v) is 4.26. The molecule has 1 unspecified atom stereocenters. The molecule has 0 aliphatic heterocycles. The standard InChI is InChI=1S/C20H21ClN2O4/c1-12(2)17(23-18(24)14-7-9-16(21)10-8-14)19(25)22-11-13-3-5-15(6-4-13)20(26)27/h3-10,12,17H,11H2,1-2H3,(H,22,25)(H,23,24)(H,26,27). The van der Waals surface area contributed by atoms with Crippen molar-refractivity contribution in [3.05, 3.63) is 70.2 Å². The fourth-order valence-electron chi connectivity index (χ4n) is 2.43. The highest BCUT2D eigenvalue weighted by atomic mass is 35.5. The van der Waals surface area contributed by atoms with Gasteiger partial charge in [-0.3, -0.25) is 9.59 Å². The third kappa shape index (κ3) is 5.82. The predicted molar refractivity (Wildman–Crippen MR) is 103 cm³/mol. The van der Waals surface area contributed by atoms with Gasteiger partial charge in [0.15, 0.2) is 0 Å². The first-order valence-corrected chi connectivity index (χ1v) is 8.82. The average Bonchev–Trinajstić information content (AvgIpc) is 2.64. The van der Waals surface area contributed by atoms with Crippen molar-refractivity contribution < 1.29 is 19.5 Å². The number of hydrogen-bond donors (Lipinski definition) is 3. The molecule has 0 aromatic heterocycles. The van der Waals surface area contributed by atoms with Crippen LogP contribution in [0.5, 0.6) is 0 Å². The number of hydrogen-bond acceptors (Lipinski definition) is 3. The van der Waals surface area contributed by atoms with Gasteiger partial charge in [-0.05, 0) is 47.9 Å². The van der Waals surface area contributed by atoms with Crippen LogP contribution in [-0.2, 0) is 11.3 Å².